The van der Waals surface area contributed by atoms with Crippen molar-refractivity contribution in [3.05, 3.63) is 103 Å². The summed E-state index contributed by atoms with van der Waals surface area (Å²) in [4.78, 5) is 35.8. The van der Waals surface area contributed by atoms with Crippen molar-refractivity contribution in [2.24, 2.45) is 5.10 Å². The summed E-state index contributed by atoms with van der Waals surface area (Å²) >= 11 is 3.31. The number of benzene rings is 3. The van der Waals surface area contributed by atoms with Gasteiger partial charge < -0.3 is 34.7 Å². The van der Waals surface area contributed by atoms with Crippen LogP contribution in [0.2, 0.25) is 0 Å². The lowest BCUT2D eigenvalue weighted by molar-refractivity contribution is -0.386. The van der Waals surface area contributed by atoms with E-state index in [0.717, 1.165) is 0 Å². The number of hydrogen-bond donors (Lipinski definition) is 4. The Labute approximate surface area is 283 Å². The summed E-state index contributed by atoms with van der Waals surface area (Å²) in [6, 6.07) is 15.2. The average molecular weight is 724 g/mol. The van der Waals surface area contributed by atoms with Gasteiger partial charge in [0.05, 0.1) is 52.6 Å². The monoisotopic (exact) mass is 722 g/mol. The van der Waals surface area contributed by atoms with Gasteiger partial charge in [-0.1, -0.05) is 24.3 Å². The van der Waals surface area contributed by atoms with Crippen LogP contribution < -0.4 is 30.3 Å². The molecule has 4 rings (SSSR count). The van der Waals surface area contributed by atoms with Crippen LogP contribution >= 0.6 is 15.9 Å². The SMILES string of the molecule is CCOc1cc([C@H]2NC(=O)NC(C)=C2C(=O)OC)ccc1OC[C@@H](O)N/N=C/c1cc(Br)c(OCc2ccccc2C#N)c([N+](=O)[O-])c1. The third-order valence-corrected chi connectivity index (χ3v) is 7.45. The van der Waals surface area contributed by atoms with Crippen LogP contribution in [-0.2, 0) is 16.1 Å². The fourth-order valence-corrected chi connectivity index (χ4v) is 5.26. The Balaban J connectivity index is 1.42. The molecule has 2 atom stereocenters. The fourth-order valence-electron chi connectivity index (χ4n) is 4.68. The molecule has 3 aromatic carbocycles. The first-order valence-electron chi connectivity index (χ1n) is 14.4. The lowest BCUT2D eigenvalue weighted by atomic mass is 9.95. The van der Waals surface area contributed by atoms with Crippen molar-refractivity contribution < 1.29 is 38.6 Å². The highest BCUT2D eigenvalue weighted by Gasteiger charge is 2.32. The highest BCUT2D eigenvalue weighted by atomic mass is 79.9. The smallest absolute Gasteiger partial charge is 0.337 e. The van der Waals surface area contributed by atoms with E-state index in [2.05, 4.69) is 43.2 Å². The number of nitriles is 1. The van der Waals surface area contributed by atoms with E-state index >= 15 is 0 Å². The van der Waals surface area contributed by atoms with E-state index in [9.17, 15) is 30.1 Å². The van der Waals surface area contributed by atoms with Gasteiger partial charge >= 0.3 is 17.7 Å². The van der Waals surface area contributed by atoms with E-state index in [1.165, 1.54) is 19.4 Å². The molecular weight excluding hydrogens is 692 g/mol. The number of amides is 2. The molecule has 48 heavy (non-hydrogen) atoms. The van der Waals surface area contributed by atoms with Crippen molar-refractivity contribution in [2.45, 2.75) is 32.7 Å². The first-order chi connectivity index (χ1) is 23.1. The van der Waals surface area contributed by atoms with Gasteiger partial charge in [-0.15, -0.1) is 0 Å². The van der Waals surface area contributed by atoms with Crippen molar-refractivity contribution in [3.63, 3.8) is 0 Å². The van der Waals surface area contributed by atoms with Crippen LogP contribution in [-0.4, -0.2) is 54.8 Å². The molecule has 3 aromatic rings. The molecule has 0 saturated carbocycles. The number of rotatable bonds is 14. The van der Waals surface area contributed by atoms with Gasteiger partial charge in [-0.05, 0) is 59.6 Å². The Morgan fingerprint density at radius 3 is 2.69 bits per heavy atom. The minimum Gasteiger partial charge on any atom is -0.490 e. The van der Waals surface area contributed by atoms with Gasteiger partial charge in [0.25, 0.3) is 0 Å². The largest absolute Gasteiger partial charge is 0.490 e. The first kappa shape index (κ1) is 35.2. The molecule has 250 valence electrons. The van der Waals surface area contributed by atoms with Crippen LogP contribution in [0.3, 0.4) is 0 Å². The number of esters is 1. The lowest BCUT2D eigenvalue weighted by Crippen LogP contribution is -2.45. The average Bonchev–Trinajstić information content (AvgIpc) is 3.06. The summed E-state index contributed by atoms with van der Waals surface area (Å²) in [6.07, 6.45) is -0.0189. The zero-order valence-corrected chi connectivity index (χ0v) is 27.6. The number of hydrazone groups is 1. The molecule has 0 spiro atoms. The number of urea groups is 1. The number of halogens is 1. The Morgan fingerprint density at radius 2 is 1.98 bits per heavy atom. The molecule has 0 aliphatic carbocycles. The Morgan fingerprint density at radius 1 is 1.21 bits per heavy atom. The normalized spacial score (nSPS) is 14.8. The Bertz CT molecular complexity index is 1810. The zero-order chi connectivity index (χ0) is 34.8. The van der Waals surface area contributed by atoms with Crippen LogP contribution in [0.4, 0.5) is 10.5 Å². The number of nitrogens with one attached hydrogen (secondary N) is 3. The molecule has 4 N–H and O–H groups in total. The molecule has 15 nitrogen and oxygen atoms in total. The standard InChI is InChI=1S/C32H31BrN6O9/c1-4-46-26-13-20(29-28(31(41)45-3)18(2)36-32(42)37-29)9-10-25(26)47-17-27(40)38-35-15-19-11-23(33)30(24(12-19)39(43)44)48-16-22-8-6-5-7-21(22)14-34/h5-13,15,27,29,38,40H,4,16-17H2,1-3H3,(H2,36,37,42)/b35-15+/t27-,29-/m1/s1. The molecule has 0 fully saturated rings. The maximum atomic E-state index is 12.5. The van der Waals surface area contributed by atoms with Crippen LogP contribution in [0.1, 0.15) is 42.1 Å². The van der Waals surface area contributed by atoms with Gasteiger partial charge in [0.1, 0.15) is 13.2 Å². The highest BCUT2D eigenvalue weighted by molar-refractivity contribution is 9.10. The minimum absolute atomic E-state index is 0.0161. The summed E-state index contributed by atoms with van der Waals surface area (Å²) in [5.74, 6) is -0.0467. The number of nitrogens with zero attached hydrogens (tertiary/aromatic N) is 3. The summed E-state index contributed by atoms with van der Waals surface area (Å²) in [7, 11) is 1.25. The van der Waals surface area contributed by atoms with Crippen molar-refractivity contribution in [1.82, 2.24) is 16.1 Å². The number of allylic oxidation sites excluding steroid dienone is 1. The number of aliphatic hydroxyl groups is 1. The van der Waals surface area contributed by atoms with Gasteiger partial charge in [0.15, 0.2) is 17.7 Å². The molecule has 2 amide bonds. The predicted octanol–water partition coefficient (Wildman–Crippen LogP) is 4.33. The third-order valence-electron chi connectivity index (χ3n) is 6.86. The Kier molecular flexibility index (Phi) is 11.9. The summed E-state index contributed by atoms with van der Waals surface area (Å²) in [5.41, 5.74) is 4.58. The number of hydrogen-bond acceptors (Lipinski definition) is 12. The van der Waals surface area contributed by atoms with E-state index < -0.39 is 29.2 Å². The molecule has 1 aliphatic heterocycles. The lowest BCUT2D eigenvalue weighted by Gasteiger charge is -2.28. The van der Waals surface area contributed by atoms with Crippen LogP contribution in [0.15, 0.2) is 75.4 Å². The quantitative estimate of drug-likeness (QED) is 0.0606. The van der Waals surface area contributed by atoms with Gasteiger partial charge in [-0.25, -0.2) is 9.59 Å². The number of carbonyl (C=O) groups excluding carboxylic acids is 2. The van der Waals surface area contributed by atoms with Crippen molar-refractivity contribution in [2.75, 3.05) is 20.3 Å². The second-order valence-corrected chi connectivity index (χ2v) is 10.9. The highest BCUT2D eigenvalue weighted by Crippen LogP contribution is 2.37. The maximum Gasteiger partial charge on any atom is 0.337 e. The van der Waals surface area contributed by atoms with Crippen LogP contribution in [0.5, 0.6) is 17.2 Å². The summed E-state index contributed by atoms with van der Waals surface area (Å²) in [5, 5.41) is 40.8. The van der Waals surface area contributed by atoms with E-state index in [-0.39, 0.29) is 47.1 Å². The first-order valence-corrected chi connectivity index (χ1v) is 15.2. The van der Waals surface area contributed by atoms with Crippen molar-refractivity contribution in [3.8, 4) is 23.3 Å². The molecule has 0 saturated heterocycles. The molecule has 0 radical (unpaired) electrons. The van der Waals surface area contributed by atoms with E-state index in [1.807, 2.05) is 0 Å². The summed E-state index contributed by atoms with van der Waals surface area (Å²) < 4.78 is 22.4. The van der Waals surface area contributed by atoms with Crippen molar-refractivity contribution >= 4 is 39.8 Å². The van der Waals surface area contributed by atoms with Gasteiger partial charge in [0, 0.05) is 22.9 Å². The zero-order valence-electron chi connectivity index (χ0n) is 26.0. The fraction of sp³-hybridized carbons (Fsp3) is 0.250. The number of carbonyl (C=O) groups is 2. The number of nitro groups is 1. The topological polar surface area (TPSA) is 207 Å². The van der Waals surface area contributed by atoms with Gasteiger partial charge in [-0.3, -0.25) is 15.5 Å². The minimum atomic E-state index is -1.29. The molecule has 1 heterocycles. The summed E-state index contributed by atoms with van der Waals surface area (Å²) in [6.45, 7) is 3.32. The van der Waals surface area contributed by atoms with E-state index in [1.54, 1.807) is 62.4 Å². The number of nitro benzene ring substituents is 1. The molecule has 1 aliphatic rings. The molecular formula is C32H31BrN6O9. The molecule has 0 aromatic heterocycles. The second kappa shape index (κ2) is 16.3. The van der Waals surface area contributed by atoms with Gasteiger partial charge in [-0.2, -0.15) is 10.4 Å². The predicted molar refractivity (Wildman–Crippen MR) is 175 cm³/mol. The second-order valence-electron chi connectivity index (χ2n) is 10.1. The molecule has 0 bridgehead atoms. The van der Waals surface area contributed by atoms with Gasteiger partial charge in [0.2, 0.25) is 5.75 Å². The van der Waals surface area contributed by atoms with E-state index in [0.29, 0.717) is 33.7 Å². The Hall–Kier alpha value is -5.66. The third kappa shape index (κ3) is 8.57. The molecule has 0 unspecified atom stereocenters. The van der Waals surface area contributed by atoms with Crippen LogP contribution in [0, 0.1) is 21.4 Å². The number of aliphatic hydroxyl groups excluding tert-OH is 1. The molecule has 16 heteroatoms. The van der Waals surface area contributed by atoms with Crippen molar-refractivity contribution in [1.29, 1.82) is 5.26 Å². The number of ether oxygens (including phenoxy) is 4. The van der Waals surface area contributed by atoms with E-state index in [4.69, 9.17) is 18.9 Å². The maximum absolute atomic E-state index is 12.5. The van der Waals surface area contributed by atoms with Crippen LogP contribution in [0.25, 0.3) is 0 Å². The number of methoxy groups -OCH3 is 1.